The molecule has 0 aliphatic heterocycles. The number of aryl methyl sites for hydroxylation is 1. The number of rotatable bonds is 2. The van der Waals surface area contributed by atoms with Crippen molar-refractivity contribution in [3.63, 3.8) is 0 Å². The maximum atomic E-state index is 8.43. The molecule has 106 valence electrons. The highest BCUT2D eigenvalue weighted by molar-refractivity contribution is 5.91. The van der Waals surface area contributed by atoms with E-state index in [1.807, 2.05) is 0 Å². The van der Waals surface area contributed by atoms with Gasteiger partial charge in [0.15, 0.2) is 0 Å². The average molecular weight is 268 g/mol. The molecule has 4 saturated carbocycles. The minimum absolute atomic E-state index is 0.154. The van der Waals surface area contributed by atoms with Crippen LogP contribution in [-0.4, -0.2) is 5.84 Å². The summed E-state index contributed by atoms with van der Waals surface area (Å²) in [5.74, 6) is 3.47. The third kappa shape index (κ3) is 1.43. The van der Waals surface area contributed by atoms with Gasteiger partial charge in [0.1, 0.15) is 5.84 Å². The molecule has 4 bridgehead atoms. The highest BCUT2D eigenvalue weighted by Gasteiger charge is 2.59. The molecule has 4 fully saturated rings. The Morgan fingerprint density at radius 2 is 1.60 bits per heavy atom. The summed E-state index contributed by atoms with van der Waals surface area (Å²) in [5.41, 5.74) is 8.75. The number of nitrogens with one attached hydrogen (secondary N) is 1. The lowest BCUT2D eigenvalue weighted by molar-refractivity contribution is -0.0302. The number of hydrogen-bond acceptors (Lipinski definition) is 1. The zero-order valence-corrected chi connectivity index (χ0v) is 12.2. The quantitative estimate of drug-likeness (QED) is 0.624. The maximum absolute atomic E-state index is 8.43. The molecule has 0 heterocycles. The summed E-state index contributed by atoms with van der Waals surface area (Å²) < 4.78 is 0. The minimum atomic E-state index is -0.154. The third-order valence-corrected chi connectivity index (χ3v) is 6.46. The van der Waals surface area contributed by atoms with E-state index in [9.17, 15) is 0 Å². The van der Waals surface area contributed by atoms with Crippen LogP contribution in [0.1, 0.15) is 43.2 Å². The summed E-state index contributed by atoms with van der Waals surface area (Å²) in [7, 11) is 0. The lowest BCUT2D eigenvalue weighted by atomic mass is 9.43. The molecule has 4 aliphatic rings. The molecule has 0 aromatic heterocycles. The van der Waals surface area contributed by atoms with E-state index in [-0.39, 0.29) is 5.41 Å². The van der Waals surface area contributed by atoms with Gasteiger partial charge in [-0.05, 0) is 73.8 Å². The van der Waals surface area contributed by atoms with Crippen molar-refractivity contribution in [1.82, 2.24) is 0 Å². The van der Waals surface area contributed by atoms with Crippen LogP contribution in [0.15, 0.2) is 24.3 Å². The van der Waals surface area contributed by atoms with Crippen molar-refractivity contribution in [2.45, 2.75) is 44.4 Å². The number of hydrogen-bond donors (Lipinski definition) is 2. The van der Waals surface area contributed by atoms with E-state index in [0.717, 1.165) is 11.8 Å². The molecule has 4 aliphatic carbocycles. The van der Waals surface area contributed by atoms with E-state index >= 15 is 0 Å². The molecule has 0 spiro atoms. The zero-order chi connectivity index (χ0) is 13.9. The summed E-state index contributed by atoms with van der Waals surface area (Å²) in [6.07, 6.45) is 6.61. The van der Waals surface area contributed by atoms with Crippen LogP contribution in [0.3, 0.4) is 0 Å². The molecule has 2 heteroatoms. The Kier molecular flexibility index (Phi) is 2.55. The van der Waals surface area contributed by atoms with E-state index in [1.54, 1.807) is 0 Å². The van der Waals surface area contributed by atoms with Gasteiger partial charge in [0.05, 0.1) is 5.41 Å². The fourth-order valence-corrected chi connectivity index (χ4v) is 5.99. The van der Waals surface area contributed by atoms with Gasteiger partial charge in [0.25, 0.3) is 0 Å². The summed E-state index contributed by atoms with van der Waals surface area (Å²) in [4.78, 5) is 0. The molecule has 3 N–H and O–H groups in total. The smallest absolute Gasteiger partial charge is 0.102 e. The molecule has 0 atom stereocenters. The van der Waals surface area contributed by atoms with Crippen molar-refractivity contribution in [2.75, 3.05) is 0 Å². The van der Waals surface area contributed by atoms with Crippen molar-refractivity contribution in [3.05, 3.63) is 35.4 Å². The standard InChI is InChI=1S/C18H24N2/c1-11-4-2-3-5-16(11)18(17(19)20)14-7-12-6-13(9-14)10-15(18)8-12/h2-5,12-15H,6-10H2,1H3,(H3,19,20). The molecule has 5 rings (SSSR count). The second-order valence-corrected chi connectivity index (χ2v) is 7.40. The number of nitrogens with two attached hydrogens (primary N) is 1. The Balaban J connectivity index is 1.90. The molecule has 2 nitrogen and oxygen atoms in total. The van der Waals surface area contributed by atoms with E-state index < -0.39 is 0 Å². The molecular weight excluding hydrogens is 244 g/mol. The molecule has 0 saturated heterocycles. The Morgan fingerprint density at radius 3 is 2.10 bits per heavy atom. The first-order chi connectivity index (χ1) is 9.62. The normalized spacial score (nSPS) is 41.9. The van der Waals surface area contributed by atoms with E-state index in [0.29, 0.717) is 17.7 Å². The van der Waals surface area contributed by atoms with E-state index in [1.165, 1.54) is 43.2 Å². The van der Waals surface area contributed by atoms with Gasteiger partial charge in [-0.2, -0.15) is 0 Å². The first kappa shape index (κ1) is 12.4. The molecule has 1 aromatic rings. The van der Waals surface area contributed by atoms with Crippen LogP contribution in [0.5, 0.6) is 0 Å². The second-order valence-electron chi connectivity index (χ2n) is 7.40. The Morgan fingerprint density at radius 1 is 1.05 bits per heavy atom. The first-order valence-electron chi connectivity index (χ1n) is 8.03. The van der Waals surface area contributed by atoms with Gasteiger partial charge in [0.2, 0.25) is 0 Å². The van der Waals surface area contributed by atoms with Crippen molar-refractivity contribution >= 4 is 5.84 Å². The second kappa shape index (κ2) is 4.09. The monoisotopic (exact) mass is 268 g/mol. The Hall–Kier alpha value is -1.31. The van der Waals surface area contributed by atoms with Gasteiger partial charge in [-0.25, -0.2) is 0 Å². The predicted molar refractivity (Wildman–Crippen MR) is 81.8 cm³/mol. The van der Waals surface area contributed by atoms with Crippen LogP contribution in [-0.2, 0) is 5.41 Å². The minimum Gasteiger partial charge on any atom is -0.387 e. The molecule has 0 amide bonds. The van der Waals surface area contributed by atoms with Gasteiger partial charge in [0, 0.05) is 0 Å². The summed E-state index contributed by atoms with van der Waals surface area (Å²) >= 11 is 0. The summed E-state index contributed by atoms with van der Waals surface area (Å²) in [6, 6.07) is 8.64. The van der Waals surface area contributed by atoms with Crippen LogP contribution in [0.4, 0.5) is 0 Å². The lowest BCUT2D eigenvalue weighted by Crippen LogP contribution is -2.61. The van der Waals surface area contributed by atoms with Gasteiger partial charge in [-0.15, -0.1) is 0 Å². The fraction of sp³-hybridized carbons (Fsp3) is 0.611. The highest BCUT2D eigenvalue weighted by Crippen LogP contribution is 2.63. The summed E-state index contributed by atoms with van der Waals surface area (Å²) in [6.45, 7) is 2.19. The van der Waals surface area contributed by atoms with Gasteiger partial charge in [-0.3, -0.25) is 5.41 Å². The molecule has 1 aromatic carbocycles. The van der Waals surface area contributed by atoms with Crippen molar-refractivity contribution in [2.24, 2.45) is 29.4 Å². The highest BCUT2D eigenvalue weighted by atomic mass is 14.8. The van der Waals surface area contributed by atoms with Crippen molar-refractivity contribution in [1.29, 1.82) is 5.41 Å². The molecular formula is C18H24N2. The summed E-state index contributed by atoms with van der Waals surface area (Å²) in [5, 5.41) is 8.43. The average Bonchev–Trinajstić information content (AvgIpc) is 2.39. The SMILES string of the molecule is Cc1ccccc1C1(C(=N)N)C2CC3CC(C2)CC1C3. The third-order valence-electron chi connectivity index (χ3n) is 6.46. The van der Waals surface area contributed by atoms with E-state index in [2.05, 4.69) is 31.2 Å². The van der Waals surface area contributed by atoms with Crippen LogP contribution in [0.2, 0.25) is 0 Å². The van der Waals surface area contributed by atoms with Crippen LogP contribution >= 0.6 is 0 Å². The van der Waals surface area contributed by atoms with Crippen LogP contribution in [0, 0.1) is 36.0 Å². The van der Waals surface area contributed by atoms with Crippen LogP contribution in [0.25, 0.3) is 0 Å². The Bertz CT molecular complexity index is 532. The van der Waals surface area contributed by atoms with Crippen LogP contribution < -0.4 is 5.73 Å². The van der Waals surface area contributed by atoms with Gasteiger partial charge < -0.3 is 5.73 Å². The molecule has 20 heavy (non-hydrogen) atoms. The lowest BCUT2D eigenvalue weighted by Gasteiger charge is -2.61. The fourth-order valence-electron chi connectivity index (χ4n) is 5.99. The van der Waals surface area contributed by atoms with E-state index in [4.69, 9.17) is 11.1 Å². The number of benzene rings is 1. The van der Waals surface area contributed by atoms with Gasteiger partial charge in [-0.1, -0.05) is 24.3 Å². The Labute approximate surface area is 121 Å². The largest absolute Gasteiger partial charge is 0.387 e. The zero-order valence-electron chi connectivity index (χ0n) is 12.2. The molecule has 0 radical (unpaired) electrons. The maximum Gasteiger partial charge on any atom is 0.102 e. The van der Waals surface area contributed by atoms with Crippen molar-refractivity contribution in [3.8, 4) is 0 Å². The first-order valence-corrected chi connectivity index (χ1v) is 8.03. The topological polar surface area (TPSA) is 49.9 Å². The number of amidine groups is 1. The predicted octanol–water partition coefficient (Wildman–Crippen LogP) is 3.62. The van der Waals surface area contributed by atoms with Gasteiger partial charge >= 0.3 is 0 Å². The van der Waals surface area contributed by atoms with Crippen molar-refractivity contribution < 1.29 is 0 Å². The molecule has 0 unspecified atom stereocenters.